The third-order valence-corrected chi connectivity index (χ3v) is 4.17. The summed E-state index contributed by atoms with van der Waals surface area (Å²) in [4.78, 5) is 14.9. The van der Waals surface area contributed by atoms with Crippen molar-refractivity contribution in [2.75, 3.05) is 20.3 Å². The summed E-state index contributed by atoms with van der Waals surface area (Å²) in [5.41, 5.74) is 1.63. The number of aliphatic hydroxyl groups is 1. The van der Waals surface area contributed by atoms with E-state index in [-0.39, 0.29) is 30.4 Å². The van der Waals surface area contributed by atoms with E-state index in [1.807, 2.05) is 6.92 Å². The quantitative estimate of drug-likeness (QED) is 0.284. The van der Waals surface area contributed by atoms with Gasteiger partial charge in [-0.2, -0.15) is 5.10 Å². The molecule has 10 heteroatoms. The van der Waals surface area contributed by atoms with Crippen molar-refractivity contribution in [3.05, 3.63) is 45.4 Å². The zero-order valence-corrected chi connectivity index (χ0v) is 15.4. The molecule has 0 aliphatic carbocycles. The molecule has 0 aliphatic heterocycles. The Kier molecular flexibility index (Phi) is 5.43. The molecule has 0 spiro atoms. The fraction of sp³-hybridized carbons (Fsp3) is 0.294. The molecular formula is C17H17ClN4O5. The Morgan fingerprint density at radius 1 is 1.33 bits per heavy atom. The highest BCUT2D eigenvalue weighted by Gasteiger charge is 2.23. The molecule has 0 radical (unpaired) electrons. The monoisotopic (exact) mass is 392 g/mol. The van der Waals surface area contributed by atoms with E-state index in [9.17, 15) is 10.1 Å². The van der Waals surface area contributed by atoms with Crippen LogP contribution in [-0.4, -0.2) is 45.1 Å². The lowest BCUT2D eigenvalue weighted by atomic mass is 10.2. The number of aryl methyl sites for hydroxylation is 1. The summed E-state index contributed by atoms with van der Waals surface area (Å²) < 4.78 is 12.4. The molecular weight excluding hydrogens is 376 g/mol. The molecule has 3 rings (SSSR count). The summed E-state index contributed by atoms with van der Waals surface area (Å²) in [5, 5.41) is 25.9. The van der Waals surface area contributed by atoms with Gasteiger partial charge in [-0.1, -0.05) is 11.6 Å². The van der Waals surface area contributed by atoms with Gasteiger partial charge >= 0.3 is 5.69 Å². The van der Waals surface area contributed by atoms with Crippen LogP contribution in [0.3, 0.4) is 0 Å². The van der Waals surface area contributed by atoms with E-state index in [1.165, 1.54) is 19.2 Å². The van der Waals surface area contributed by atoms with E-state index in [0.29, 0.717) is 22.8 Å². The molecule has 2 aromatic heterocycles. The number of fused-ring (bicyclic) bond motifs is 1. The maximum Gasteiger partial charge on any atom is 0.314 e. The zero-order chi connectivity index (χ0) is 19.6. The van der Waals surface area contributed by atoms with Crippen molar-refractivity contribution in [3.8, 4) is 17.2 Å². The van der Waals surface area contributed by atoms with Gasteiger partial charge < -0.3 is 14.6 Å². The highest BCUT2D eigenvalue weighted by atomic mass is 35.5. The average molecular weight is 393 g/mol. The van der Waals surface area contributed by atoms with Crippen LogP contribution < -0.4 is 9.47 Å². The summed E-state index contributed by atoms with van der Waals surface area (Å²) in [6.45, 7) is 1.88. The maximum atomic E-state index is 11.4. The minimum Gasteiger partial charge on any atom is -0.494 e. The van der Waals surface area contributed by atoms with Crippen LogP contribution >= 0.6 is 11.6 Å². The lowest BCUT2D eigenvalue weighted by Gasteiger charge is -2.13. The van der Waals surface area contributed by atoms with Gasteiger partial charge in [0, 0.05) is 36.7 Å². The molecule has 0 amide bonds. The summed E-state index contributed by atoms with van der Waals surface area (Å²) in [7, 11) is 1.42. The van der Waals surface area contributed by atoms with E-state index in [0.717, 1.165) is 11.1 Å². The number of aromatic nitrogens is 3. The Hall–Kier alpha value is -2.91. The van der Waals surface area contributed by atoms with Crippen LogP contribution in [0, 0.1) is 17.0 Å². The number of methoxy groups -OCH3 is 1. The number of hydrogen-bond donors (Lipinski definition) is 1. The van der Waals surface area contributed by atoms with Crippen molar-refractivity contribution in [2.24, 2.45) is 0 Å². The Morgan fingerprint density at radius 2 is 2.11 bits per heavy atom. The van der Waals surface area contributed by atoms with Gasteiger partial charge in [0.05, 0.1) is 35.9 Å². The number of rotatable bonds is 7. The van der Waals surface area contributed by atoms with Crippen LogP contribution in [0.5, 0.6) is 11.5 Å². The van der Waals surface area contributed by atoms with Gasteiger partial charge in [0.15, 0.2) is 11.5 Å². The molecule has 9 nitrogen and oxygen atoms in total. The van der Waals surface area contributed by atoms with Crippen LogP contribution in [-0.2, 0) is 0 Å². The van der Waals surface area contributed by atoms with Gasteiger partial charge in [0.1, 0.15) is 10.8 Å². The predicted octanol–water partition coefficient (Wildman–Crippen LogP) is 3.06. The first kappa shape index (κ1) is 18.9. The number of benzene rings is 1. The van der Waals surface area contributed by atoms with Crippen molar-refractivity contribution in [1.29, 1.82) is 0 Å². The van der Waals surface area contributed by atoms with Crippen LogP contribution in [0.15, 0.2) is 24.4 Å². The number of hydrogen-bond acceptors (Lipinski definition) is 7. The van der Waals surface area contributed by atoms with Gasteiger partial charge in [0.2, 0.25) is 0 Å². The van der Waals surface area contributed by atoms with Crippen LogP contribution in [0.4, 0.5) is 5.69 Å². The number of ether oxygens (including phenoxy) is 2. The first-order chi connectivity index (χ1) is 13.0. The second kappa shape index (κ2) is 7.77. The van der Waals surface area contributed by atoms with Gasteiger partial charge in [-0.25, -0.2) is 9.67 Å². The highest BCUT2D eigenvalue weighted by Crippen LogP contribution is 2.38. The molecule has 27 heavy (non-hydrogen) atoms. The third-order valence-electron chi connectivity index (χ3n) is 3.96. The first-order valence-electron chi connectivity index (χ1n) is 8.07. The standard InChI is InChI=1S/C17H17ClN4O5/c1-10-11-9-19-17(18)8-12(11)21(20-10)13-6-16(27-5-3-4-23)14(22(24)25)7-15(13)26-2/h6-9,23H,3-5H2,1-2H3. The van der Waals surface area contributed by atoms with Gasteiger partial charge in [0.25, 0.3) is 0 Å². The van der Waals surface area contributed by atoms with Crippen LogP contribution in [0.1, 0.15) is 12.1 Å². The number of nitro benzene ring substituents is 1. The predicted molar refractivity (Wildman–Crippen MR) is 99.0 cm³/mol. The molecule has 1 N–H and O–H groups in total. The number of nitro groups is 1. The fourth-order valence-electron chi connectivity index (χ4n) is 2.69. The van der Waals surface area contributed by atoms with E-state index in [1.54, 1.807) is 16.9 Å². The van der Waals surface area contributed by atoms with Gasteiger partial charge in [-0.05, 0) is 6.92 Å². The van der Waals surface area contributed by atoms with Crippen molar-refractivity contribution >= 4 is 28.2 Å². The van der Waals surface area contributed by atoms with Crippen molar-refractivity contribution in [1.82, 2.24) is 14.8 Å². The average Bonchev–Trinajstić information content (AvgIpc) is 2.97. The summed E-state index contributed by atoms with van der Waals surface area (Å²) in [5.74, 6) is 0.319. The number of aliphatic hydroxyl groups excluding tert-OH is 1. The molecule has 0 aliphatic rings. The SMILES string of the molecule is COc1cc([N+](=O)[O-])c(OCCCO)cc1-n1nc(C)c2cnc(Cl)cc21. The molecule has 2 heterocycles. The lowest BCUT2D eigenvalue weighted by Crippen LogP contribution is -2.06. The lowest BCUT2D eigenvalue weighted by molar-refractivity contribution is -0.385. The summed E-state index contributed by atoms with van der Waals surface area (Å²) in [6.07, 6.45) is 1.97. The van der Waals surface area contributed by atoms with E-state index in [4.69, 9.17) is 26.2 Å². The third kappa shape index (κ3) is 3.64. The van der Waals surface area contributed by atoms with Gasteiger partial charge in [-0.3, -0.25) is 10.1 Å². The Labute approximate surface area is 159 Å². The number of pyridine rings is 1. The smallest absolute Gasteiger partial charge is 0.314 e. The molecule has 1 aromatic carbocycles. The summed E-state index contributed by atoms with van der Waals surface area (Å²) >= 11 is 6.02. The van der Waals surface area contributed by atoms with E-state index in [2.05, 4.69) is 10.1 Å². The Morgan fingerprint density at radius 3 is 2.78 bits per heavy atom. The second-order valence-electron chi connectivity index (χ2n) is 5.70. The molecule has 0 unspecified atom stereocenters. The van der Waals surface area contributed by atoms with Crippen molar-refractivity contribution in [3.63, 3.8) is 0 Å². The first-order valence-corrected chi connectivity index (χ1v) is 8.45. The normalized spacial score (nSPS) is 11.0. The van der Waals surface area contributed by atoms with Crippen molar-refractivity contribution in [2.45, 2.75) is 13.3 Å². The molecule has 0 fully saturated rings. The van der Waals surface area contributed by atoms with E-state index < -0.39 is 4.92 Å². The van der Waals surface area contributed by atoms with Crippen LogP contribution in [0.25, 0.3) is 16.6 Å². The molecule has 3 aromatic rings. The van der Waals surface area contributed by atoms with E-state index >= 15 is 0 Å². The summed E-state index contributed by atoms with van der Waals surface area (Å²) in [6, 6.07) is 4.44. The largest absolute Gasteiger partial charge is 0.494 e. The van der Waals surface area contributed by atoms with Crippen LogP contribution in [0.2, 0.25) is 5.15 Å². The maximum absolute atomic E-state index is 11.4. The molecule has 142 valence electrons. The Bertz CT molecular complexity index is 1000. The topological polar surface area (TPSA) is 113 Å². The molecule has 0 saturated heterocycles. The van der Waals surface area contributed by atoms with Crippen molar-refractivity contribution < 1.29 is 19.5 Å². The minimum atomic E-state index is -0.548. The molecule has 0 saturated carbocycles. The zero-order valence-electron chi connectivity index (χ0n) is 14.7. The number of nitrogens with zero attached hydrogens (tertiary/aromatic N) is 4. The fourth-order valence-corrected chi connectivity index (χ4v) is 2.84. The molecule has 0 atom stereocenters. The highest BCUT2D eigenvalue weighted by molar-refractivity contribution is 6.30. The second-order valence-corrected chi connectivity index (χ2v) is 6.08. The molecule has 0 bridgehead atoms. The number of halogens is 1. The Balaban J connectivity index is 2.21. The minimum absolute atomic E-state index is 0.0608. The van der Waals surface area contributed by atoms with Gasteiger partial charge in [-0.15, -0.1) is 0 Å².